The summed E-state index contributed by atoms with van der Waals surface area (Å²) in [6.45, 7) is 2.23. The maximum atomic E-state index is 11.7. The zero-order valence-electron chi connectivity index (χ0n) is 10.6. The van der Waals surface area contributed by atoms with Crippen molar-refractivity contribution in [2.75, 3.05) is 32.6 Å². The van der Waals surface area contributed by atoms with Crippen LogP contribution in [0.2, 0.25) is 0 Å². The molecule has 2 N–H and O–H groups in total. The minimum Gasteiger partial charge on any atom is -0.385 e. The SMILES string of the molecule is COCCCCCNS(=O)(=O)CC1CCCN1. The van der Waals surface area contributed by atoms with E-state index in [-0.39, 0.29) is 11.8 Å². The summed E-state index contributed by atoms with van der Waals surface area (Å²) in [5.41, 5.74) is 0. The van der Waals surface area contributed by atoms with Gasteiger partial charge in [-0.25, -0.2) is 13.1 Å². The van der Waals surface area contributed by atoms with E-state index < -0.39 is 10.0 Å². The standard InChI is InChI=1S/C11H24N2O3S/c1-16-9-4-2-3-8-13-17(14,15)10-11-6-5-7-12-11/h11-13H,2-10H2,1H3. The molecule has 1 atom stereocenters. The Labute approximate surface area is 104 Å². The Kier molecular flexibility index (Phi) is 7.03. The minimum atomic E-state index is -3.10. The first kappa shape index (κ1) is 14.9. The van der Waals surface area contributed by atoms with E-state index in [2.05, 4.69) is 10.0 Å². The number of unbranched alkanes of at least 4 members (excludes halogenated alkanes) is 2. The van der Waals surface area contributed by atoms with E-state index in [4.69, 9.17) is 4.74 Å². The van der Waals surface area contributed by atoms with Crippen LogP contribution >= 0.6 is 0 Å². The van der Waals surface area contributed by atoms with Crippen molar-refractivity contribution in [2.24, 2.45) is 0 Å². The molecule has 0 amide bonds. The summed E-state index contributed by atoms with van der Waals surface area (Å²) in [6, 6.07) is 0.140. The van der Waals surface area contributed by atoms with Crippen LogP contribution in [0.4, 0.5) is 0 Å². The summed E-state index contributed by atoms with van der Waals surface area (Å²) in [5, 5.41) is 3.20. The lowest BCUT2D eigenvalue weighted by Gasteiger charge is -2.11. The first-order valence-corrected chi connectivity index (χ1v) is 7.99. The molecular formula is C11H24N2O3S. The van der Waals surface area contributed by atoms with Gasteiger partial charge >= 0.3 is 0 Å². The van der Waals surface area contributed by atoms with E-state index in [1.807, 2.05) is 0 Å². The molecule has 0 aromatic carbocycles. The fraction of sp³-hybridized carbons (Fsp3) is 1.00. The molecular weight excluding hydrogens is 240 g/mol. The van der Waals surface area contributed by atoms with E-state index >= 15 is 0 Å². The van der Waals surface area contributed by atoms with Crippen LogP contribution in [0.1, 0.15) is 32.1 Å². The molecule has 17 heavy (non-hydrogen) atoms. The Hall–Kier alpha value is -0.170. The van der Waals surface area contributed by atoms with Crippen LogP contribution in [0.25, 0.3) is 0 Å². The van der Waals surface area contributed by atoms with Crippen molar-refractivity contribution >= 4 is 10.0 Å². The maximum Gasteiger partial charge on any atom is 0.213 e. The molecule has 1 heterocycles. The third-order valence-electron chi connectivity index (χ3n) is 2.93. The largest absolute Gasteiger partial charge is 0.385 e. The smallest absolute Gasteiger partial charge is 0.213 e. The van der Waals surface area contributed by atoms with Gasteiger partial charge in [-0.15, -0.1) is 0 Å². The second-order valence-corrected chi connectivity index (χ2v) is 6.37. The Morgan fingerprint density at radius 3 is 2.82 bits per heavy atom. The Morgan fingerprint density at radius 1 is 1.35 bits per heavy atom. The molecule has 0 radical (unpaired) electrons. The van der Waals surface area contributed by atoms with Crippen molar-refractivity contribution in [2.45, 2.75) is 38.1 Å². The zero-order chi connectivity index (χ0) is 12.6. The van der Waals surface area contributed by atoms with Crippen molar-refractivity contribution in [3.63, 3.8) is 0 Å². The van der Waals surface area contributed by atoms with Crippen molar-refractivity contribution < 1.29 is 13.2 Å². The van der Waals surface area contributed by atoms with E-state index in [1.165, 1.54) is 0 Å². The van der Waals surface area contributed by atoms with Crippen molar-refractivity contribution in [1.29, 1.82) is 0 Å². The quantitative estimate of drug-likeness (QED) is 0.594. The van der Waals surface area contributed by atoms with Gasteiger partial charge in [-0.05, 0) is 38.6 Å². The summed E-state index contributed by atoms with van der Waals surface area (Å²) in [5.74, 6) is 0.213. The lowest BCUT2D eigenvalue weighted by molar-refractivity contribution is 0.192. The molecule has 0 saturated carbocycles. The molecule has 1 unspecified atom stereocenters. The van der Waals surface area contributed by atoms with E-state index in [9.17, 15) is 8.42 Å². The normalized spacial score (nSPS) is 20.9. The Balaban J connectivity index is 2.07. The number of ether oxygens (including phenoxy) is 1. The summed E-state index contributed by atoms with van der Waals surface area (Å²) >= 11 is 0. The van der Waals surface area contributed by atoms with Gasteiger partial charge < -0.3 is 10.1 Å². The van der Waals surface area contributed by atoms with Crippen molar-refractivity contribution in [3.05, 3.63) is 0 Å². The van der Waals surface area contributed by atoms with Gasteiger partial charge in [-0.3, -0.25) is 0 Å². The average molecular weight is 264 g/mol. The number of methoxy groups -OCH3 is 1. The zero-order valence-corrected chi connectivity index (χ0v) is 11.4. The van der Waals surface area contributed by atoms with Crippen LogP contribution in [-0.2, 0) is 14.8 Å². The number of rotatable bonds is 9. The fourth-order valence-electron chi connectivity index (χ4n) is 2.00. The number of hydrogen-bond acceptors (Lipinski definition) is 4. The predicted octanol–water partition coefficient (Wildman–Crippen LogP) is 0.475. The highest BCUT2D eigenvalue weighted by molar-refractivity contribution is 7.89. The van der Waals surface area contributed by atoms with Crippen LogP contribution in [0.5, 0.6) is 0 Å². The Bertz CT molecular complexity index is 287. The third-order valence-corrected chi connectivity index (χ3v) is 4.42. The van der Waals surface area contributed by atoms with Gasteiger partial charge in [0.1, 0.15) is 0 Å². The van der Waals surface area contributed by atoms with Crippen LogP contribution in [-0.4, -0.2) is 47.0 Å². The number of hydrogen-bond donors (Lipinski definition) is 2. The van der Waals surface area contributed by atoms with Gasteiger partial charge in [0.2, 0.25) is 10.0 Å². The lowest BCUT2D eigenvalue weighted by atomic mass is 10.2. The van der Waals surface area contributed by atoms with E-state index in [0.29, 0.717) is 6.54 Å². The summed E-state index contributed by atoms with van der Waals surface area (Å²) in [6.07, 6.45) is 4.91. The molecule has 0 aliphatic carbocycles. The van der Waals surface area contributed by atoms with Gasteiger partial charge in [-0.2, -0.15) is 0 Å². The topological polar surface area (TPSA) is 67.4 Å². The summed E-state index contributed by atoms with van der Waals surface area (Å²) in [7, 11) is -1.42. The van der Waals surface area contributed by atoms with Gasteiger partial charge in [0, 0.05) is 26.3 Å². The maximum absolute atomic E-state index is 11.7. The third kappa shape index (κ3) is 6.98. The Morgan fingerprint density at radius 2 is 2.18 bits per heavy atom. The summed E-state index contributed by atoms with van der Waals surface area (Å²) < 4.78 is 31.0. The fourth-order valence-corrected chi connectivity index (χ4v) is 3.39. The highest BCUT2D eigenvalue weighted by atomic mass is 32.2. The molecule has 5 nitrogen and oxygen atoms in total. The van der Waals surface area contributed by atoms with Crippen molar-refractivity contribution in [1.82, 2.24) is 10.0 Å². The van der Waals surface area contributed by atoms with Gasteiger partial charge in [-0.1, -0.05) is 0 Å². The van der Waals surface area contributed by atoms with Crippen LogP contribution in [0, 0.1) is 0 Å². The predicted molar refractivity (Wildman–Crippen MR) is 68.5 cm³/mol. The van der Waals surface area contributed by atoms with Gasteiger partial charge in [0.05, 0.1) is 5.75 Å². The van der Waals surface area contributed by atoms with Gasteiger partial charge in [0.25, 0.3) is 0 Å². The molecule has 0 spiro atoms. The van der Waals surface area contributed by atoms with Crippen LogP contribution in [0.3, 0.4) is 0 Å². The van der Waals surface area contributed by atoms with Crippen LogP contribution < -0.4 is 10.0 Å². The second-order valence-electron chi connectivity index (χ2n) is 4.52. The molecule has 0 bridgehead atoms. The van der Waals surface area contributed by atoms with Gasteiger partial charge in [0.15, 0.2) is 0 Å². The number of nitrogens with one attached hydrogen (secondary N) is 2. The molecule has 1 aliphatic heterocycles. The first-order valence-electron chi connectivity index (χ1n) is 6.34. The summed E-state index contributed by atoms with van der Waals surface area (Å²) in [4.78, 5) is 0. The second kappa shape index (κ2) is 8.02. The monoisotopic (exact) mass is 264 g/mol. The molecule has 0 aromatic rings. The molecule has 102 valence electrons. The molecule has 1 fully saturated rings. The van der Waals surface area contributed by atoms with Crippen LogP contribution in [0.15, 0.2) is 0 Å². The first-order chi connectivity index (χ1) is 8.14. The molecule has 0 aromatic heterocycles. The molecule has 1 aliphatic rings. The highest BCUT2D eigenvalue weighted by Gasteiger charge is 2.21. The van der Waals surface area contributed by atoms with Crippen molar-refractivity contribution in [3.8, 4) is 0 Å². The minimum absolute atomic E-state index is 0.140. The van der Waals surface area contributed by atoms with E-state index in [0.717, 1.165) is 45.3 Å². The molecule has 1 saturated heterocycles. The highest BCUT2D eigenvalue weighted by Crippen LogP contribution is 2.07. The van der Waals surface area contributed by atoms with E-state index in [1.54, 1.807) is 7.11 Å². The molecule has 1 rings (SSSR count). The average Bonchev–Trinajstić information content (AvgIpc) is 2.75. The molecule has 6 heteroatoms. The lowest BCUT2D eigenvalue weighted by Crippen LogP contribution is -2.36. The number of sulfonamides is 1.